The maximum absolute atomic E-state index is 13.2. The molecule has 2 aromatic carbocycles. The predicted octanol–water partition coefficient (Wildman–Crippen LogP) is 6.63. The van der Waals surface area contributed by atoms with Gasteiger partial charge in [0.1, 0.15) is 0 Å². The summed E-state index contributed by atoms with van der Waals surface area (Å²) in [4.78, 5) is 25.0. The second-order valence-corrected chi connectivity index (χ2v) is 9.46. The third kappa shape index (κ3) is 4.78. The number of rotatable bonds is 6. The lowest BCUT2D eigenvalue weighted by atomic mass is 10.2. The molecule has 30 heavy (non-hydrogen) atoms. The van der Waals surface area contributed by atoms with Crippen molar-refractivity contribution in [1.82, 2.24) is 9.97 Å². The molecular weight excluding hydrogens is 457 g/mol. The lowest BCUT2D eigenvalue weighted by molar-refractivity contribution is -0.116. The monoisotopic (exact) mass is 473 g/mol. The highest BCUT2D eigenvalue weighted by Crippen LogP contribution is 2.34. The van der Waals surface area contributed by atoms with E-state index in [0.29, 0.717) is 21.7 Å². The Hall–Kier alpha value is -2.12. The van der Waals surface area contributed by atoms with E-state index in [-0.39, 0.29) is 11.7 Å². The van der Waals surface area contributed by atoms with Crippen LogP contribution in [0.3, 0.4) is 0 Å². The number of fused-ring (bicyclic) bond motifs is 1. The van der Waals surface area contributed by atoms with E-state index in [1.54, 1.807) is 11.1 Å². The fourth-order valence-corrected chi connectivity index (χ4v) is 4.97. The van der Waals surface area contributed by atoms with Crippen molar-refractivity contribution in [2.24, 2.45) is 0 Å². The lowest BCUT2D eigenvalue weighted by Gasteiger charge is -2.19. The van der Waals surface area contributed by atoms with E-state index in [1.807, 2.05) is 61.5 Å². The van der Waals surface area contributed by atoms with Crippen LogP contribution in [0.4, 0.5) is 5.13 Å². The Balaban J connectivity index is 1.63. The molecule has 0 aliphatic carbocycles. The molecule has 0 bridgehead atoms. The first-order valence-electron chi connectivity index (χ1n) is 9.15. The minimum absolute atomic E-state index is 0.0385. The Morgan fingerprint density at radius 3 is 2.63 bits per heavy atom. The Labute approximate surface area is 192 Å². The van der Waals surface area contributed by atoms with Gasteiger partial charge in [-0.3, -0.25) is 14.7 Å². The number of hydrogen-bond donors (Lipinski definition) is 0. The molecule has 0 saturated heterocycles. The van der Waals surface area contributed by atoms with Crippen molar-refractivity contribution in [3.63, 3.8) is 0 Å². The zero-order chi connectivity index (χ0) is 21.1. The second-order valence-electron chi connectivity index (χ2n) is 6.56. The van der Waals surface area contributed by atoms with Crippen LogP contribution in [-0.4, -0.2) is 21.6 Å². The molecule has 8 heteroatoms. The molecule has 1 amide bonds. The third-order valence-electron chi connectivity index (χ3n) is 4.49. The predicted molar refractivity (Wildman–Crippen MR) is 127 cm³/mol. The fourth-order valence-electron chi connectivity index (χ4n) is 2.87. The molecule has 0 radical (unpaired) electrons. The highest BCUT2D eigenvalue weighted by atomic mass is 35.5. The summed E-state index contributed by atoms with van der Waals surface area (Å²) in [5, 5.41) is 1.98. The molecule has 0 fully saturated rings. The first kappa shape index (κ1) is 21.1. The number of aromatic nitrogens is 2. The highest BCUT2D eigenvalue weighted by molar-refractivity contribution is 8.00. The SMILES string of the molecule is Cc1c(Cl)ccc2sc(N(Cc3ccccn3)C(=O)CSc3ccc(Cl)cc3)nc12. The molecule has 4 nitrogen and oxygen atoms in total. The van der Waals surface area contributed by atoms with Gasteiger partial charge in [-0.1, -0.05) is 40.6 Å². The van der Waals surface area contributed by atoms with Crippen LogP contribution < -0.4 is 4.90 Å². The van der Waals surface area contributed by atoms with Gasteiger partial charge in [0.05, 0.1) is 28.2 Å². The molecule has 4 aromatic rings. The molecule has 0 saturated carbocycles. The number of hydrogen-bond acceptors (Lipinski definition) is 5. The number of anilines is 1. The summed E-state index contributed by atoms with van der Waals surface area (Å²) in [6.07, 6.45) is 1.72. The topological polar surface area (TPSA) is 46.1 Å². The maximum Gasteiger partial charge on any atom is 0.239 e. The summed E-state index contributed by atoms with van der Waals surface area (Å²) in [5.41, 5.74) is 2.54. The Morgan fingerprint density at radius 2 is 1.90 bits per heavy atom. The number of amides is 1. The van der Waals surface area contributed by atoms with Crippen LogP contribution in [0.2, 0.25) is 10.0 Å². The van der Waals surface area contributed by atoms with Crippen LogP contribution in [0.15, 0.2) is 65.7 Å². The number of benzene rings is 2. The minimum Gasteiger partial charge on any atom is -0.281 e. The first-order valence-corrected chi connectivity index (χ1v) is 11.7. The third-order valence-corrected chi connectivity index (χ3v) is 7.19. The number of halogens is 2. The number of thioether (sulfide) groups is 1. The van der Waals surface area contributed by atoms with Gasteiger partial charge < -0.3 is 0 Å². The van der Waals surface area contributed by atoms with Gasteiger partial charge in [0.15, 0.2) is 5.13 Å². The van der Waals surface area contributed by atoms with Crippen molar-refractivity contribution in [2.45, 2.75) is 18.4 Å². The summed E-state index contributed by atoms with van der Waals surface area (Å²) >= 11 is 15.2. The Bertz CT molecular complexity index is 1180. The zero-order valence-corrected chi connectivity index (χ0v) is 19.2. The average Bonchev–Trinajstić information content (AvgIpc) is 3.19. The first-order chi connectivity index (χ1) is 14.5. The molecule has 2 aromatic heterocycles. The second kappa shape index (κ2) is 9.35. The van der Waals surface area contributed by atoms with Gasteiger partial charge in [0.25, 0.3) is 0 Å². The minimum atomic E-state index is -0.0385. The molecule has 0 spiro atoms. The van der Waals surface area contributed by atoms with Gasteiger partial charge in [0, 0.05) is 21.1 Å². The summed E-state index contributed by atoms with van der Waals surface area (Å²) in [6, 6.07) is 16.9. The van der Waals surface area contributed by atoms with Crippen molar-refractivity contribution >= 4 is 67.6 Å². The van der Waals surface area contributed by atoms with Crippen LogP contribution >= 0.6 is 46.3 Å². The molecule has 0 unspecified atom stereocenters. The van der Waals surface area contributed by atoms with E-state index in [1.165, 1.54) is 23.1 Å². The van der Waals surface area contributed by atoms with Crippen molar-refractivity contribution < 1.29 is 4.79 Å². The van der Waals surface area contributed by atoms with Gasteiger partial charge >= 0.3 is 0 Å². The molecule has 4 rings (SSSR count). The number of thiazole rings is 1. The van der Waals surface area contributed by atoms with Crippen molar-refractivity contribution in [2.75, 3.05) is 10.7 Å². The van der Waals surface area contributed by atoms with E-state index in [0.717, 1.165) is 26.4 Å². The zero-order valence-electron chi connectivity index (χ0n) is 16.0. The van der Waals surface area contributed by atoms with Crippen LogP contribution in [0, 0.1) is 6.92 Å². The van der Waals surface area contributed by atoms with Crippen molar-refractivity contribution in [3.8, 4) is 0 Å². The van der Waals surface area contributed by atoms with Crippen LogP contribution in [-0.2, 0) is 11.3 Å². The molecule has 2 heterocycles. The lowest BCUT2D eigenvalue weighted by Crippen LogP contribution is -2.32. The van der Waals surface area contributed by atoms with Crippen LogP contribution in [0.1, 0.15) is 11.3 Å². The summed E-state index contributed by atoms with van der Waals surface area (Å²) < 4.78 is 0.996. The van der Waals surface area contributed by atoms with E-state index in [2.05, 4.69) is 4.98 Å². The molecule has 0 aliphatic heterocycles. The summed E-state index contributed by atoms with van der Waals surface area (Å²) in [5.74, 6) is 0.243. The molecule has 0 N–H and O–H groups in total. The van der Waals surface area contributed by atoms with E-state index in [4.69, 9.17) is 28.2 Å². The van der Waals surface area contributed by atoms with Gasteiger partial charge in [0.2, 0.25) is 5.91 Å². The van der Waals surface area contributed by atoms with E-state index >= 15 is 0 Å². The molecule has 0 atom stereocenters. The van der Waals surface area contributed by atoms with Gasteiger partial charge in [-0.05, 0) is 61.0 Å². The van der Waals surface area contributed by atoms with Gasteiger partial charge in [-0.2, -0.15) is 0 Å². The van der Waals surface area contributed by atoms with Gasteiger partial charge in [-0.15, -0.1) is 11.8 Å². The summed E-state index contributed by atoms with van der Waals surface area (Å²) in [7, 11) is 0. The number of nitrogens with zero attached hydrogens (tertiary/aromatic N) is 3. The average molecular weight is 474 g/mol. The molecular formula is C22H17Cl2N3OS2. The Kier molecular flexibility index (Phi) is 6.58. The largest absolute Gasteiger partial charge is 0.281 e. The molecule has 0 aliphatic rings. The number of pyridine rings is 1. The number of aryl methyl sites for hydroxylation is 1. The van der Waals surface area contributed by atoms with E-state index < -0.39 is 0 Å². The van der Waals surface area contributed by atoms with E-state index in [9.17, 15) is 4.79 Å². The summed E-state index contributed by atoms with van der Waals surface area (Å²) in [6.45, 7) is 2.29. The standard InChI is InChI=1S/C22H17Cl2N3OS2/c1-14-18(24)9-10-19-21(14)26-22(30-19)27(12-16-4-2-3-11-25-16)20(28)13-29-17-7-5-15(23)6-8-17/h2-11H,12-13H2,1H3. The number of carbonyl (C=O) groups is 1. The quantitative estimate of drug-likeness (QED) is 0.294. The smallest absolute Gasteiger partial charge is 0.239 e. The molecule has 152 valence electrons. The van der Waals surface area contributed by atoms with Gasteiger partial charge in [-0.25, -0.2) is 4.98 Å². The highest BCUT2D eigenvalue weighted by Gasteiger charge is 2.22. The van der Waals surface area contributed by atoms with Crippen LogP contribution in [0.25, 0.3) is 10.2 Å². The van der Waals surface area contributed by atoms with Crippen molar-refractivity contribution in [3.05, 3.63) is 82.1 Å². The fraction of sp³-hybridized carbons (Fsp3) is 0.136. The van der Waals surface area contributed by atoms with Crippen molar-refractivity contribution in [1.29, 1.82) is 0 Å². The maximum atomic E-state index is 13.2. The Morgan fingerprint density at radius 1 is 1.10 bits per heavy atom. The number of carbonyl (C=O) groups excluding carboxylic acids is 1. The normalized spacial score (nSPS) is 11.0. The van der Waals surface area contributed by atoms with Crippen LogP contribution in [0.5, 0.6) is 0 Å².